The summed E-state index contributed by atoms with van der Waals surface area (Å²) in [5.74, 6) is -3.16. The molecule has 0 saturated carbocycles. The van der Waals surface area contributed by atoms with Crippen LogP contribution in [-0.4, -0.2) is 17.6 Å². The van der Waals surface area contributed by atoms with Crippen molar-refractivity contribution in [3.8, 4) is 5.75 Å². The number of carbonyl (C=O) groups is 1. The molecule has 0 atom stereocenters. The van der Waals surface area contributed by atoms with Gasteiger partial charge in [-0.2, -0.15) is 0 Å². The van der Waals surface area contributed by atoms with Crippen LogP contribution in [0.15, 0.2) is 36.4 Å². The van der Waals surface area contributed by atoms with Gasteiger partial charge in [-0.25, -0.2) is 8.78 Å². The van der Waals surface area contributed by atoms with Crippen molar-refractivity contribution in [2.75, 3.05) is 11.9 Å². The van der Waals surface area contributed by atoms with Crippen LogP contribution in [0.2, 0.25) is 0 Å². The van der Waals surface area contributed by atoms with Crippen LogP contribution in [0.25, 0.3) is 0 Å². The average molecular weight is 331 g/mol. The van der Waals surface area contributed by atoms with Gasteiger partial charge < -0.3 is 20.3 Å². The number of rotatable bonds is 5. The van der Waals surface area contributed by atoms with Crippen molar-refractivity contribution in [1.82, 2.24) is 0 Å². The fourth-order valence-electron chi connectivity index (χ4n) is 1.91. The molecule has 2 N–H and O–H groups in total. The van der Waals surface area contributed by atoms with Crippen LogP contribution in [0.4, 0.5) is 14.5 Å². The second kappa shape index (κ2) is 8.59. The number of hydrogen-bond acceptors (Lipinski definition) is 4. The largest absolute Gasteiger partial charge is 1.00 e. The molecule has 4 nitrogen and oxygen atoms in total. The van der Waals surface area contributed by atoms with Crippen molar-refractivity contribution in [2.24, 2.45) is 0 Å². The molecule has 0 aliphatic rings. The van der Waals surface area contributed by atoms with Gasteiger partial charge in [0.05, 0.1) is 5.97 Å². The van der Waals surface area contributed by atoms with Crippen molar-refractivity contribution in [3.05, 3.63) is 59.2 Å². The first-order chi connectivity index (χ1) is 9.99. The molecule has 0 amide bonds. The van der Waals surface area contributed by atoms with Crippen molar-refractivity contribution < 1.29 is 75.2 Å². The summed E-state index contributed by atoms with van der Waals surface area (Å²) < 4.78 is 26.8. The van der Waals surface area contributed by atoms with Gasteiger partial charge in [-0.15, -0.1) is 0 Å². The number of hydrogen-bond donors (Lipinski definition) is 2. The molecular weight excluding hydrogens is 319 g/mol. The zero-order valence-corrected chi connectivity index (χ0v) is 15.0. The molecule has 0 radical (unpaired) electrons. The van der Waals surface area contributed by atoms with Gasteiger partial charge in [0.15, 0.2) is 0 Å². The summed E-state index contributed by atoms with van der Waals surface area (Å²) in [4.78, 5) is 10.8. The summed E-state index contributed by atoms with van der Waals surface area (Å²) in [5, 5.41) is 22.9. The molecule has 0 spiro atoms. The molecule has 0 heterocycles. The van der Waals surface area contributed by atoms with Crippen LogP contribution in [0.5, 0.6) is 5.75 Å². The monoisotopic (exact) mass is 331 g/mol. The number of anilines is 1. The van der Waals surface area contributed by atoms with Gasteiger partial charge in [0.2, 0.25) is 0 Å². The molecule has 22 heavy (non-hydrogen) atoms. The first-order valence-corrected chi connectivity index (χ1v) is 6.20. The van der Waals surface area contributed by atoms with Gasteiger partial charge in [-0.1, -0.05) is 6.07 Å². The summed E-state index contributed by atoms with van der Waals surface area (Å²) in [5.41, 5.74) is 0.0183. The van der Waals surface area contributed by atoms with E-state index < -0.39 is 23.4 Å². The Morgan fingerprint density at radius 3 is 2.41 bits per heavy atom. The van der Waals surface area contributed by atoms with E-state index in [1.807, 2.05) is 0 Å². The van der Waals surface area contributed by atoms with Gasteiger partial charge >= 0.3 is 51.4 Å². The van der Waals surface area contributed by atoms with E-state index in [1.54, 1.807) is 0 Å². The molecule has 7 heteroatoms. The van der Waals surface area contributed by atoms with Gasteiger partial charge in [0.25, 0.3) is 0 Å². The van der Waals surface area contributed by atoms with E-state index in [2.05, 4.69) is 5.32 Å². The fourth-order valence-corrected chi connectivity index (χ4v) is 1.91. The molecule has 0 saturated heterocycles. The zero-order chi connectivity index (χ0) is 15.4. The van der Waals surface area contributed by atoms with E-state index in [9.17, 15) is 23.8 Å². The first kappa shape index (κ1) is 19.1. The van der Waals surface area contributed by atoms with E-state index >= 15 is 0 Å². The van der Waals surface area contributed by atoms with E-state index in [1.165, 1.54) is 36.4 Å². The number of aromatic hydroxyl groups is 1. The summed E-state index contributed by atoms with van der Waals surface area (Å²) in [6.45, 7) is 0.203. The van der Waals surface area contributed by atoms with Gasteiger partial charge in [0, 0.05) is 23.4 Å². The number of aromatic carboxylic acids is 1. The predicted octanol–water partition coefficient (Wildman–Crippen LogP) is -1.31. The number of halogens is 2. The number of phenols is 1. The summed E-state index contributed by atoms with van der Waals surface area (Å²) in [6, 6.07) is 7.49. The summed E-state index contributed by atoms with van der Waals surface area (Å²) in [7, 11) is 0. The Bertz CT molecular complexity index is 660. The van der Waals surface area contributed by atoms with Gasteiger partial charge in [-0.05, 0) is 36.8 Å². The molecule has 110 valence electrons. The maximum absolute atomic E-state index is 13.4. The quantitative estimate of drug-likeness (QED) is 0.527. The minimum absolute atomic E-state index is 0. The molecule has 2 aromatic rings. The minimum Gasteiger partial charge on any atom is -0.545 e. The predicted molar refractivity (Wildman–Crippen MR) is 71.0 cm³/mol. The van der Waals surface area contributed by atoms with Gasteiger partial charge in [0.1, 0.15) is 17.4 Å². The van der Waals surface area contributed by atoms with Crippen LogP contribution >= 0.6 is 0 Å². The Kier molecular flexibility index (Phi) is 7.44. The molecule has 0 aliphatic carbocycles. The number of benzene rings is 2. The third kappa shape index (κ3) is 4.75. The first-order valence-electron chi connectivity index (χ1n) is 6.20. The maximum atomic E-state index is 13.4. The van der Waals surface area contributed by atoms with Crippen molar-refractivity contribution in [3.63, 3.8) is 0 Å². The van der Waals surface area contributed by atoms with Gasteiger partial charge in [-0.3, -0.25) is 0 Å². The molecule has 0 unspecified atom stereocenters. The summed E-state index contributed by atoms with van der Waals surface area (Å²) in [6.07, 6.45) is 0.0973. The fraction of sp³-hybridized carbons (Fsp3) is 0.133. The Labute approximate surface area is 168 Å². The van der Waals surface area contributed by atoms with E-state index in [0.717, 1.165) is 0 Å². The smallest absolute Gasteiger partial charge is 0.545 e. The molecule has 2 rings (SSSR count). The molecular formula is C15H12F2KNO3. The zero-order valence-electron chi connectivity index (χ0n) is 11.9. The Balaban J connectivity index is 0.00000242. The van der Waals surface area contributed by atoms with E-state index in [-0.39, 0.29) is 75.5 Å². The van der Waals surface area contributed by atoms with Crippen molar-refractivity contribution in [2.45, 2.75) is 6.42 Å². The van der Waals surface area contributed by atoms with Crippen LogP contribution in [0.3, 0.4) is 0 Å². The Hall–Kier alpha value is -0.994. The van der Waals surface area contributed by atoms with Crippen LogP contribution < -0.4 is 61.8 Å². The number of carbonyl (C=O) groups excluding carboxylic acids is 1. The number of nitrogens with one attached hydrogen (secondary N) is 1. The number of carboxylic acid groups (broad SMARTS) is 1. The van der Waals surface area contributed by atoms with Crippen LogP contribution in [-0.2, 0) is 6.42 Å². The van der Waals surface area contributed by atoms with E-state index in [4.69, 9.17) is 0 Å². The Morgan fingerprint density at radius 2 is 1.82 bits per heavy atom. The molecule has 0 aliphatic heterocycles. The number of carboxylic acids is 1. The van der Waals surface area contributed by atoms with Crippen molar-refractivity contribution >= 4 is 11.7 Å². The summed E-state index contributed by atoms with van der Waals surface area (Å²) >= 11 is 0. The van der Waals surface area contributed by atoms with Crippen molar-refractivity contribution in [1.29, 1.82) is 0 Å². The van der Waals surface area contributed by atoms with Crippen LogP contribution in [0, 0.1) is 11.6 Å². The van der Waals surface area contributed by atoms with Crippen LogP contribution in [0.1, 0.15) is 15.9 Å². The standard InChI is InChI=1S/C15H13F2NO3.K/c16-12-2-1-3-13(17)10(12)6-7-18-9-4-5-14(19)11(8-9)15(20)21;/h1-5,8,18-19H,6-7H2,(H,20,21);/q;+1/p-1. The third-order valence-electron chi connectivity index (χ3n) is 2.98. The average Bonchev–Trinajstić information content (AvgIpc) is 2.43. The topological polar surface area (TPSA) is 72.4 Å². The second-order valence-electron chi connectivity index (χ2n) is 4.40. The SMILES string of the molecule is O=C([O-])c1cc(NCCc2c(F)cccc2F)ccc1O.[K+]. The second-order valence-corrected chi connectivity index (χ2v) is 4.40. The third-order valence-corrected chi connectivity index (χ3v) is 2.98. The molecule has 0 bridgehead atoms. The Morgan fingerprint density at radius 1 is 1.18 bits per heavy atom. The maximum Gasteiger partial charge on any atom is 1.00 e. The molecule has 0 aromatic heterocycles. The minimum atomic E-state index is -1.50. The molecule has 0 fully saturated rings. The normalized spacial score (nSPS) is 9.91. The van der Waals surface area contributed by atoms with E-state index in [0.29, 0.717) is 5.69 Å². The molecule has 2 aromatic carbocycles.